The Bertz CT molecular complexity index is 607. The van der Waals surface area contributed by atoms with Crippen molar-refractivity contribution >= 4 is 29.0 Å². The summed E-state index contributed by atoms with van der Waals surface area (Å²) in [5.41, 5.74) is 3.13. The van der Waals surface area contributed by atoms with Crippen LogP contribution in [-0.4, -0.2) is 37.0 Å². The molecule has 2 amide bonds. The van der Waals surface area contributed by atoms with Crippen LogP contribution in [-0.2, 0) is 14.3 Å². The molecule has 0 unspecified atom stereocenters. The van der Waals surface area contributed by atoms with Crippen LogP contribution in [0.25, 0.3) is 5.57 Å². The van der Waals surface area contributed by atoms with Gasteiger partial charge in [0.2, 0.25) is 0 Å². The largest absolute Gasteiger partial charge is 0.383 e. The van der Waals surface area contributed by atoms with E-state index in [2.05, 4.69) is 0 Å². The smallest absolute Gasteiger partial charge is 0.273 e. The second kappa shape index (κ2) is 5.77. The quantitative estimate of drug-likeness (QED) is 0.800. The fraction of sp³-hybridized carbons (Fsp3) is 0.333. The normalized spacial score (nSPS) is 15.5. The van der Waals surface area contributed by atoms with Gasteiger partial charge in [-0.25, -0.2) is 0 Å². The molecule has 0 fully saturated rings. The molecule has 5 heteroatoms. The van der Waals surface area contributed by atoms with Crippen LogP contribution in [0.4, 0.5) is 0 Å². The third-order valence-corrected chi connectivity index (χ3v) is 3.78. The Morgan fingerprint density at radius 2 is 1.85 bits per heavy atom. The van der Waals surface area contributed by atoms with Gasteiger partial charge in [0, 0.05) is 7.11 Å². The average Bonchev–Trinajstić information content (AvgIpc) is 2.62. The Kier molecular flexibility index (Phi) is 4.26. The van der Waals surface area contributed by atoms with Crippen LogP contribution in [0, 0.1) is 13.8 Å². The van der Waals surface area contributed by atoms with Crippen LogP contribution in [0.2, 0.25) is 0 Å². The summed E-state index contributed by atoms with van der Waals surface area (Å²) < 4.78 is 4.90. The van der Waals surface area contributed by atoms with Crippen molar-refractivity contribution in [1.82, 2.24) is 4.90 Å². The maximum Gasteiger partial charge on any atom is 0.273 e. The van der Waals surface area contributed by atoms with Crippen molar-refractivity contribution in [1.29, 1.82) is 0 Å². The number of methoxy groups -OCH3 is 1. The summed E-state index contributed by atoms with van der Waals surface area (Å²) in [6, 6.07) is 5.60. The second-order valence-electron chi connectivity index (χ2n) is 4.74. The van der Waals surface area contributed by atoms with Crippen molar-refractivity contribution in [2.45, 2.75) is 13.8 Å². The van der Waals surface area contributed by atoms with E-state index in [4.69, 9.17) is 16.3 Å². The minimum absolute atomic E-state index is 0.0191. The first-order chi connectivity index (χ1) is 9.47. The number of amides is 2. The van der Waals surface area contributed by atoms with Gasteiger partial charge in [-0.2, -0.15) is 0 Å². The van der Waals surface area contributed by atoms with Crippen LogP contribution < -0.4 is 0 Å². The number of nitrogens with zero attached hydrogens (tertiary/aromatic N) is 1. The lowest BCUT2D eigenvalue weighted by molar-refractivity contribution is -0.137. The Morgan fingerprint density at radius 3 is 2.45 bits per heavy atom. The summed E-state index contributed by atoms with van der Waals surface area (Å²) in [5, 5.41) is -0.0191. The third kappa shape index (κ3) is 2.49. The highest BCUT2D eigenvalue weighted by Gasteiger charge is 2.37. The van der Waals surface area contributed by atoms with Gasteiger partial charge in [0.25, 0.3) is 11.8 Å². The molecule has 0 saturated heterocycles. The van der Waals surface area contributed by atoms with E-state index in [1.54, 1.807) is 0 Å². The SMILES string of the molecule is COCCN1C(=O)C(Cl)=C(c2ccc(C)c(C)c2)C1=O. The Morgan fingerprint density at radius 1 is 1.15 bits per heavy atom. The molecular weight excluding hydrogens is 278 g/mol. The molecule has 1 heterocycles. The number of carbonyl (C=O) groups excluding carboxylic acids is 2. The second-order valence-corrected chi connectivity index (χ2v) is 5.12. The molecule has 0 atom stereocenters. The summed E-state index contributed by atoms with van der Waals surface area (Å²) in [7, 11) is 1.52. The Hall–Kier alpha value is -1.65. The van der Waals surface area contributed by atoms with Crippen LogP contribution in [0.5, 0.6) is 0 Å². The van der Waals surface area contributed by atoms with E-state index in [-0.39, 0.29) is 23.1 Å². The number of ether oxygens (including phenoxy) is 1. The van der Waals surface area contributed by atoms with Crippen molar-refractivity contribution in [3.63, 3.8) is 0 Å². The fourth-order valence-corrected chi connectivity index (χ4v) is 2.37. The Labute approximate surface area is 123 Å². The van der Waals surface area contributed by atoms with E-state index >= 15 is 0 Å². The molecule has 4 nitrogen and oxygen atoms in total. The maximum atomic E-state index is 12.3. The molecule has 1 aliphatic rings. The van der Waals surface area contributed by atoms with E-state index < -0.39 is 5.91 Å². The lowest BCUT2D eigenvalue weighted by Gasteiger charge is -2.14. The van der Waals surface area contributed by atoms with Crippen molar-refractivity contribution in [3.05, 3.63) is 39.9 Å². The van der Waals surface area contributed by atoms with Gasteiger partial charge in [0.15, 0.2) is 0 Å². The highest BCUT2D eigenvalue weighted by Crippen LogP contribution is 2.32. The molecule has 1 aromatic rings. The van der Waals surface area contributed by atoms with Crippen LogP contribution in [0.1, 0.15) is 16.7 Å². The van der Waals surface area contributed by atoms with Gasteiger partial charge in [-0.15, -0.1) is 0 Å². The molecule has 106 valence electrons. The van der Waals surface area contributed by atoms with Crippen LogP contribution in [0.3, 0.4) is 0 Å². The van der Waals surface area contributed by atoms with Gasteiger partial charge in [-0.1, -0.05) is 29.8 Å². The highest BCUT2D eigenvalue weighted by molar-refractivity contribution is 6.55. The standard InChI is InChI=1S/C15H16ClNO3/c1-9-4-5-11(8-10(9)2)12-13(16)15(19)17(14(12)18)6-7-20-3/h4-5,8H,6-7H2,1-3H3. The van der Waals surface area contributed by atoms with E-state index in [0.29, 0.717) is 12.2 Å². The molecule has 2 rings (SSSR count). The highest BCUT2D eigenvalue weighted by atomic mass is 35.5. The number of hydrogen-bond acceptors (Lipinski definition) is 3. The van der Waals surface area contributed by atoms with Gasteiger partial charge in [0.1, 0.15) is 5.03 Å². The lowest BCUT2D eigenvalue weighted by atomic mass is 10.0. The molecule has 20 heavy (non-hydrogen) atoms. The first-order valence-electron chi connectivity index (χ1n) is 6.30. The lowest BCUT2D eigenvalue weighted by Crippen LogP contribution is -2.34. The van der Waals surface area contributed by atoms with Crippen molar-refractivity contribution in [3.8, 4) is 0 Å². The maximum absolute atomic E-state index is 12.3. The summed E-state index contributed by atoms with van der Waals surface area (Å²) in [5.74, 6) is -0.817. The van der Waals surface area contributed by atoms with Crippen molar-refractivity contribution in [2.75, 3.05) is 20.3 Å². The molecule has 0 spiro atoms. The van der Waals surface area contributed by atoms with Crippen LogP contribution in [0.15, 0.2) is 23.2 Å². The van der Waals surface area contributed by atoms with Crippen molar-refractivity contribution in [2.24, 2.45) is 0 Å². The monoisotopic (exact) mass is 293 g/mol. The van der Waals surface area contributed by atoms with E-state index in [1.807, 2.05) is 32.0 Å². The molecule has 1 aliphatic heterocycles. The summed E-state index contributed by atoms with van der Waals surface area (Å²) in [6.45, 7) is 4.44. The van der Waals surface area contributed by atoms with Gasteiger partial charge >= 0.3 is 0 Å². The summed E-state index contributed by atoms with van der Waals surface area (Å²) in [4.78, 5) is 25.5. The van der Waals surface area contributed by atoms with E-state index in [9.17, 15) is 9.59 Å². The van der Waals surface area contributed by atoms with Gasteiger partial charge in [0.05, 0.1) is 18.7 Å². The zero-order valence-electron chi connectivity index (χ0n) is 11.7. The predicted molar refractivity (Wildman–Crippen MR) is 77.3 cm³/mol. The molecular formula is C15H16ClNO3. The number of aryl methyl sites for hydroxylation is 2. The van der Waals surface area contributed by atoms with E-state index in [1.165, 1.54) is 7.11 Å². The minimum Gasteiger partial charge on any atom is -0.383 e. The number of benzene rings is 1. The number of halogens is 1. The molecule has 0 aliphatic carbocycles. The number of carbonyl (C=O) groups is 2. The summed E-state index contributed by atoms with van der Waals surface area (Å²) >= 11 is 6.05. The molecule has 1 aromatic carbocycles. The van der Waals surface area contributed by atoms with Gasteiger partial charge < -0.3 is 4.74 Å². The van der Waals surface area contributed by atoms with Crippen LogP contribution >= 0.6 is 11.6 Å². The number of hydrogen-bond donors (Lipinski definition) is 0. The summed E-state index contributed by atoms with van der Waals surface area (Å²) in [6.07, 6.45) is 0. The zero-order valence-corrected chi connectivity index (χ0v) is 12.5. The molecule has 0 saturated carbocycles. The topological polar surface area (TPSA) is 46.6 Å². The van der Waals surface area contributed by atoms with Gasteiger partial charge in [-0.3, -0.25) is 14.5 Å². The van der Waals surface area contributed by atoms with Gasteiger partial charge in [-0.05, 0) is 30.5 Å². The predicted octanol–water partition coefficient (Wildman–Crippen LogP) is 2.27. The molecule has 0 aromatic heterocycles. The number of imide groups is 1. The third-order valence-electron chi connectivity index (χ3n) is 3.43. The zero-order chi connectivity index (χ0) is 14.9. The van der Waals surface area contributed by atoms with E-state index in [0.717, 1.165) is 16.0 Å². The molecule has 0 bridgehead atoms. The van der Waals surface area contributed by atoms with Crippen molar-refractivity contribution < 1.29 is 14.3 Å². The minimum atomic E-state index is -0.457. The Balaban J connectivity index is 2.38. The molecule has 0 radical (unpaired) electrons. The fourth-order valence-electron chi connectivity index (χ4n) is 2.08. The molecule has 0 N–H and O–H groups in total. The number of rotatable bonds is 4. The average molecular weight is 294 g/mol. The first kappa shape index (κ1) is 14.8. The first-order valence-corrected chi connectivity index (χ1v) is 6.67.